The fraction of sp³-hybridized carbons (Fsp3) is 0.214. The van der Waals surface area contributed by atoms with Crippen LogP contribution in [0.2, 0.25) is 0 Å². The molecule has 19 heavy (non-hydrogen) atoms. The van der Waals surface area contributed by atoms with Gasteiger partial charge in [-0.25, -0.2) is 13.8 Å². The Morgan fingerprint density at radius 1 is 1.05 bits per heavy atom. The van der Waals surface area contributed by atoms with Crippen LogP contribution in [0.3, 0.4) is 0 Å². The van der Waals surface area contributed by atoms with Crippen LogP contribution in [0.4, 0.5) is 26.1 Å². The third-order valence-corrected chi connectivity index (χ3v) is 3.02. The van der Waals surface area contributed by atoms with Crippen LogP contribution in [0.25, 0.3) is 0 Å². The molecule has 2 aromatic rings. The Balaban J connectivity index is 2.41. The molecule has 0 saturated heterocycles. The van der Waals surface area contributed by atoms with E-state index >= 15 is 0 Å². The van der Waals surface area contributed by atoms with Gasteiger partial charge in [-0.15, -0.1) is 0 Å². The SMILES string of the molecule is CNc1nc(Nc2cccc(C)c2C)c(F)cc1F. The van der Waals surface area contributed by atoms with Crippen LogP contribution in [0.15, 0.2) is 24.3 Å². The van der Waals surface area contributed by atoms with Crippen molar-refractivity contribution in [1.82, 2.24) is 4.98 Å². The maximum Gasteiger partial charge on any atom is 0.169 e. The Hall–Kier alpha value is -2.17. The van der Waals surface area contributed by atoms with Crippen molar-refractivity contribution >= 4 is 17.3 Å². The number of hydrogen-bond donors (Lipinski definition) is 2. The minimum Gasteiger partial charge on any atom is -0.371 e. The Labute approximate surface area is 110 Å². The Kier molecular flexibility index (Phi) is 3.64. The van der Waals surface area contributed by atoms with Crippen molar-refractivity contribution in [3.8, 4) is 0 Å². The molecule has 1 heterocycles. The van der Waals surface area contributed by atoms with E-state index in [9.17, 15) is 8.78 Å². The molecule has 3 nitrogen and oxygen atoms in total. The number of pyridine rings is 1. The summed E-state index contributed by atoms with van der Waals surface area (Å²) in [5.41, 5.74) is 2.83. The van der Waals surface area contributed by atoms with Crippen LogP contribution in [0.5, 0.6) is 0 Å². The van der Waals surface area contributed by atoms with Gasteiger partial charge in [0.05, 0.1) is 0 Å². The van der Waals surface area contributed by atoms with Gasteiger partial charge >= 0.3 is 0 Å². The lowest BCUT2D eigenvalue weighted by molar-refractivity contribution is 0.580. The first-order valence-corrected chi connectivity index (χ1v) is 5.90. The van der Waals surface area contributed by atoms with E-state index in [2.05, 4.69) is 15.6 Å². The van der Waals surface area contributed by atoms with Crippen molar-refractivity contribution in [2.75, 3.05) is 17.7 Å². The number of rotatable bonds is 3. The molecule has 0 unspecified atom stereocenters. The fourth-order valence-electron chi connectivity index (χ4n) is 1.74. The Morgan fingerprint density at radius 2 is 1.74 bits per heavy atom. The second-order valence-electron chi connectivity index (χ2n) is 4.27. The first-order chi connectivity index (χ1) is 9.02. The highest BCUT2D eigenvalue weighted by Crippen LogP contribution is 2.25. The van der Waals surface area contributed by atoms with E-state index in [1.807, 2.05) is 32.0 Å². The zero-order chi connectivity index (χ0) is 14.0. The van der Waals surface area contributed by atoms with E-state index < -0.39 is 11.6 Å². The molecule has 0 atom stereocenters. The normalized spacial score (nSPS) is 10.4. The van der Waals surface area contributed by atoms with E-state index in [1.54, 1.807) is 0 Å². The van der Waals surface area contributed by atoms with Crippen molar-refractivity contribution < 1.29 is 8.78 Å². The molecule has 0 aliphatic rings. The first-order valence-electron chi connectivity index (χ1n) is 5.90. The molecule has 0 radical (unpaired) electrons. The third kappa shape index (κ3) is 2.65. The Morgan fingerprint density at radius 3 is 2.42 bits per heavy atom. The number of anilines is 3. The summed E-state index contributed by atoms with van der Waals surface area (Å²) < 4.78 is 27.0. The lowest BCUT2D eigenvalue weighted by Crippen LogP contribution is -2.04. The average molecular weight is 263 g/mol. The molecule has 5 heteroatoms. The molecule has 0 fully saturated rings. The highest BCUT2D eigenvalue weighted by atomic mass is 19.1. The van der Waals surface area contributed by atoms with Gasteiger partial charge in [0, 0.05) is 18.8 Å². The van der Waals surface area contributed by atoms with Crippen molar-refractivity contribution in [3.05, 3.63) is 47.0 Å². The van der Waals surface area contributed by atoms with Crippen LogP contribution >= 0.6 is 0 Å². The molecule has 0 spiro atoms. The second-order valence-corrected chi connectivity index (χ2v) is 4.27. The van der Waals surface area contributed by atoms with Gasteiger partial charge in [-0.3, -0.25) is 0 Å². The van der Waals surface area contributed by atoms with Crippen molar-refractivity contribution in [2.24, 2.45) is 0 Å². The van der Waals surface area contributed by atoms with Crippen molar-refractivity contribution in [1.29, 1.82) is 0 Å². The number of nitrogens with one attached hydrogen (secondary N) is 2. The van der Waals surface area contributed by atoms with Gasteiger partial charge in [-0.2, -0.15) is 0 Å². The summed E-state index contributed by atoms with van der Waals surface area (Å²) in [7, 11) is 1.53. The van der Waals surface area contributed by atoms with Crippen LogP contribution in [0, 0.1) is 25.5 Å². The number of nitrogens with zero attached hydrogens (tertiary/aromatic N) is 1. The number of halogens is 2. The smallest absolute Gasteiger partial charge is 0.169 e. The summed E-state index contributed by atoms with van der Waals surface area (Å²) in [5, 5.41) is 5.47. The molecular weight excluding hydrogens is 248 g/mol. The number of aryl methyl sites for hydroxylation is 1. The Bertz CT molecular complexity index is 612. The fourth-order valence-corrected chi connectivity index (χ4v) is 1.74. The van der Waals surface area contributed by atoms with Gasteiger partial charge in [-0.1, -0.05) is 12.1 Å². The molecular formula is C14H15F2N3. The van der Waals surface area contributed by atoms with Crippen LogP contribution < -0.4 is 10.6 Å². The standard InChI is InChI=1S/C14H15F2N3/c1-8-5-4-6-12(9(8)2)18-14-11(16)7-10(15)13(17-3)19-14/h4-7H,1-3H3,(H2,17,18,19). The maximum atomic E-state index is 13.7. The topological polar surface area (TPSA) is 37.0 Å². The minimum atomic E-state index is -0.725. The summed E-state index contributed by atoms with van der Waals surface area (Å²) in [6.45, 7) is 3.89. The van der Waals surface area contributed by atoms with Crippen LogP contribution in [0.1, 0.15) is 11.1 Å². The van der Waals surface area contributed by atoms with E-state index in [-0.39, 0.29) is 11.6 Å². The quantitative estimate of drug-likeness (QED) is 0.885. The van der Waals surface area contributed by atoms with Crippen LogP contribution in [-0.2, 0) is 0 Å². The molecule has 2 rings (SSSR count). The van der Waals surface area contributed by atoms with Crippen molar-refractivity contribution in [3.63, 3.8) is 0 Å². The molecule has 0 bridgehead atoms. The third-order valence-electron chi connectivity index (χ3n) is 3.02. The largest absolute Gasteiger partial charge is 0.371 e. The number of aromatic nitrogens is 1. The van der Waals surface area contributed by atoms with E-state index in [1.165, 1.54) is 7.05 Å². The number of hydrogen-bond acceptors (Lipinski definition) is 3. The van der Waals surface area contributed by atoms with E-state index in [4.69, 9.17) is 0 Å². The number of benzene rings is 1. The highest BCUT2D eigenvalue weighted by Gasteiger charge is 2.12. The zero-order valence-corrected chi connectivity index (χ0v) is 11.0. The molecule has 0 amide bonds. The molecule has 0 aliphatic heterocycles. The highest BCUT2D eigenvalue weighted by molar-refractivity contribution is 5.63. The van der Waals surface area contributed by atoms with Crippen LogP contribution in [-0.4, -0.2) is 12.0 Å². The minimum absolute atomic E-state index is 0.000509. The van der Waals surface area contributed by atoms with Gasteiger partial charge < -0.3 is 10.6 Å². The van der Waals surface area contributed by atoms with E-state index in [0.717, 1.165) is 22.9 Å². The summed E-state index contributed by atoms with van der Waals surface area (Å²) in [6.07, 6.45) is 0. The van der Waals surface area contributed by atoms with Gasteiger partial charge in [0.1, 0.15) is 0 Å². The molecule has 0 saturated carbocycles. The predicted octanol–water partition coefficient (Wildman–Crippen LogP) is 3.76. The van der Waals surface area contributed by atoms with E-state index in [0.29, 0.717) is 0 Å². The lowest BCUT2D eigenvalue weighted by atomic mass is 10.1. The zero-order valence-electron chi connectivity index (χ0n) is 11.0. The van der Waals surface area contributed by atoms with Gasteiger partial charge in [-0.05, 0) is 31.0 Å². The lowest BCUT2D eigenvalue weighted by Gasteiger charge is -2.12. The van der Waals surface area contributed by atoms with Gasteiger partial charge in [0.2, 0.25) is 0 Å². The monoisotopic (exact) mass is 263 g/mol. The van der Waals surface area contributed by atoms with Crippen molar-refractivity contribution in [2.45, 2.75) is 13.8 Å². The maximum absolute atomic E-state index is 13.7. The summed E-state index contributed by atoms with van der Waals surface area (Å²) in [5.74, 6) is -1.43. The molecule has 1 aromatic carbocycles. The first kappa shape index (κ1) is 13.3. The molecule has 1 aromatic heterocycles. The molecule has 0 aliphatic carbocycles. The molecule has 100 valence electrons. The average Bonchev–Trinajstić information content (AvgIpc) is 2.38. The molecule has 2 N–H and O–H groups in total. The summed E-state index contributed by atoms with van der Waals surface area (Å²) >= 11 is 0. The summed E-state index contributed by atoms with van der Waals surface area (Å²) in [6, 6.07) is 6.47. The van der Waals surface area contributed by atoms with Gasteiger partial charge in [0.25, 0.3) is 0 Å². The van der Waals surface area contributed by atoms with Gasteiger partial charge in [0.15, 0.2) is 23.3 Å². The second kappa shape index (κ2) is 5.22. The predicted molar refractivity (Wildman–Crippen MR) is 72.9 cm³/mol. The summed E-state index contributed by atoms with van der Waals surface area (Å²) in [4.78, 5) is 3.88.